The van der Waals surface area contributed by atoms with Crippen LogP contribution < -0.4 is 15.8 Å². The van der Waals surface area contributed by atoms with E-state index in [0.717, 1.165) is 12.2 Å². The molecule has 158 valence electrons. The number of halogens is 1. The molecule has 3 aromatic rings. The fourth-order valence-electron chi connectivity index (χ4n) is 3.75. The number of piperazine rings is 1. The average molecular weight is 413 g/mol. The van der Waals surface area contributed by atoms with E-state index in [4.69, 9.17) is 0 Å². The van der Waals surface area contributed by atoms with Crippen LogP contribution in [0.4, 0.5) is 10.1 Å². The van der Waals surface area contributed by atoms with E-state index in [0.29, 0.717) is 36.5 Å². The third-order valence-corrected chi connectivity index (χ3v) is 5.46. The zero-order chi connectivity index (χ0) is 21.4. The number of aromatic nitrogens is 4. The number of rotatable bonds is 4. The molecule has 1 saturated heterocycles. The van der Waals surface area contributed by atoms with Gasteiger partial charge < -0.3 is 15.2 Å². The zero-order valence-electron chi connectivity index (χ0n) is 17.1. The van der Waals surface area contributed by atoms with Crippen LogP contribution in [-0.2, 0) is 6.54 Å². The minimum absolute atomic E-state index is 0.0607. The van der Waals surface area contributed by atoms with Gasteiger partial charge in [-0.05, 0) is 26.0 Å². The van der Waals surface area contributed by atoms with Crippen molar-refractivity contribution < 1.29 is 9.18 Å². The second-order valence-electron chi connectivity index (χ2n) is 7.58. The van der Waals surface area contributed by atoms with E-state index < -0.39 is 11.9 Å². The summed E-state index contributed by atoms with van der Waals surface area (Å²) in [5, 5.41) is 7.00. The first-order chi connectivity index (χ1) is 14.4. The van der Waals surface area contributed by atoms with Crippen molar-refractivity contribution in [2.75, 3.05) is 31.6 Å². The van der Waals surface area contributed by atoms with Crippen LogP contribution >= 0.6 is 0 Å². The van der Waals surface area contributed by atoms with Crippen molar-refractivity contribution in [2.24, 2.45) is 0 Å². The van der Waals surface area contributed by atoms with E-state index in [1.165, 1.54) is 13.1 Å². The lowest BCUT2D eigenvalue weighted by Crippen LogP contribution is -2.51. The molecule has 2 N–H and O–H groups in total. The summed E-state index contributed by atoms with van der Waals surface area (Å²) in [6.45, 7) is 6.44. The second kappa shape index (κ2) is 7.86. The number of amides is 1. The fourth-order valence-corrected chi connectivity index (χ4v) is 3.75. The Morgan fingerprint density at radius 3 is 2.87 bits per heavy atom. The maximum atomic E-state index is 14.5. The maximum Gasteiger partial charge on any atom is 0.269 e. The quantitative estimate of drug-likeness (QED) is 0.618. The number of anilines is 1. The topological polar surface area (TPSA) is 98.6 Å². The molecule has 9 nitrogen and oxygen atoms in total. The van der Waals surface area contributed by atoms with E-state index in [9.17, 15) is 14.0 Å². The van der Waals surface area contributed by atoms with Gasteiger partial charge in [-0.2, -0.15) is 9.49 Å². The van der Waals surface area contributed by atoms with Crippen molar-refractivity contribution >= 4 is 17.2 Å². The lowest BCUT2D eigenvalue weighted by molar-refractivity contribution is 0.0957. The average Bonchev–Trinajstić information content (AvgIpc) is 3.10. The van der Waals surface area contributed by atoms with Crippen molar-refractivity contribution in [3.63, 3.8) is 0 Å². The molecule has 4 rings (SSSR count). The molecule has 0 aromatic carbocycles. The molecule has 0 saturated carbocycles. The van der Waals surface area contributed by atoms with E-state index in [-0.39, 0.29) is 17.3 Å². The molecular weight excluding hydrogens is 389 g/mol. The first-order valence-electron chi connectivity index (χ1n) is 9.81. The number of hydrogen-bond acceptors (Lipinski definition) is 6. The highest BCUT2D eigenvalue weighted by atomic mass is 19.1. The van der Waals surface area contributed by atoms with E-state index >= 15 is 0 Å². The van der Waals surface area contributed by atoms with Crippen LogP contribution in [0.15, 0.2) is 29.2 Å². The van der Waals surface area contributed by atoms with Gasteiger partial charge in [0.15, 0.2) is 0 Å². The van der Waals surface area contributed by atoms with Gasteiger partial charge in [0.1, 0.15) is 11.3 Å². The lowest BCUT2D eigenvalue weighted by Gasteiger charge is -2.40. The largest absolute Gasteiger partial charge is 0.365 e. The number of fused-ring (bicyclic) bond motifs is 1. The van der Waals surface area contributed by atoms with Gasteiger partial charge in [-0.25, -0.2) is 9.50 Å². The molecule has 1 aliphatic rings. The normalized spacial score (nSPS) is 17.5. The van der Waals surface area contributed by atoms with E-state index in [2.05, 4.69) is 32.2 Å². The van der Waals surface area contributed by atoms with Crippen LogP contribution in [0.1, 0.15) is 28.7 Å². The highest BCUT2D eigenvalue weighted by Crippen LogP contribution is 2.23. The standard InChI is InChI=1S/C20H24FN7O2/c1-12-9-28-17(24-19(12)29)8-14(25-28)11-26-6-7-27(10-13(26)2)16-5-4-15(20(30)22-3)23-18(16)21/h4-5,8-9,13H,6-7,10-11H2,1-3H3,(H,22,30)(H,24,29). The molecule has 0 radical (unpaired) electrons. The first-order valence-corrected chi connectivity index (χ1v) is 9.81. The van der Waals surface area contributed by atoms with Gasteiger partial charge >= 0.3 is 0 Å². The van der Waals surface area contributed by atoms with Crippen LogP contribution in [0.2, 0.25) is 0 Å². The number of H-pyrrole nitrogens is 1. The van der Waals surface area contributed by atoms with E-state index in [1.807, 2.05) is 11.0 Å². The Hall–Kier alpha value is -3.27. The Morgan fingerprint density at radius 1 is 1.37 bits per heavy atom. The molecule has 10 heteroatoms. The monoisotopic (exact) mass is 413 g/mol. The van der Waals surface area contributed by atoms with Crippen molar-refractivity contribution in [3.8, 4) is 0 Å². The van der Waals surface area contributed by atoms with Crippen molar-refractivity contribution in [1.82, 2.24) is 29.8 Å². The zero-order valence-corrected chi connectivity index (χ0v) is 17.1. The molecule has 1 amide bonds. The predicted molar refractivity (Wildman–Crippen MR) is 110 cm³/mol. The van der Waals surface area contributed by atoms with Crippen LogP contribution in [0, 0.1) is 12.9 Å². The summed E-state index contributed by atoms with van der Waals surface area (Å²) in [5.41, 5.74) is 2.47. The van der Waals surface area contributed by atoms with Gasteiger partial charge in [0, 0.05) is 57.1 Å². The third-order valence-electron chi connectivity index (χ3n) is 5.46. The van der Waals surface area contributed by atoms with Gasteiger partial charge in [0.05, 0.1) is 11.4 Å². The molecule has 3 aromatic heterocycles. The summed E-state index contributed by atoms with van der Waals surface area (Å²) < 4.78 is 16.2. The Balaban J connectivity index is 1.46. The molecule has 0 spiro atoms. The van der Waals surface area contributed by atoms with Crippen LogP contribution in [0.3, 0.4) is 0 Å². The number of pyridine rings is 1. The van der Waals surface area contributed by atoms with Gasteiger partial charge in [-0.3, -0.25) is 14.5 Å². The summed E-state index contributed by atoms with van der Waals surface area (Å²) in [6, 6.07) is 5.17. The SMILES string of the molecule is CNC(=O)c1ccc(N2CCN(Cc3cc4[nH]c(=O)c(C)cn4n3)C(C)C2)c(F)n1. The summed E-state index contributed by atoms with van der Waals surface area (Å²) in [6.07, 6.45) is 1.72. The Morgan fingerprint density at radius 2 is 2.17 bits per heavy atom. The molecule has 30 heavy (non-hydrogen) atoms. The highest BCUT2D eigenvalue weighted by molar-refractivity contribution is 5.92. The highest BCUT2D eigenvalue weighted by Gasteiger charge is 2.27. The van der Waals surface area contributed by atoms with Gasteiger partial charge in [-0.1, -0.05) is 0 Å². The minimum atomic E-state index is -0.642. The predicted octanol–water partition coefficient (Wildman–Crippen LogP) is 0.935. The fraction of sp³-hybridized carbons (Fsp3) is 0.400. The maximum absolute atomic E-state index is 14.5. The van der Waals surface area contributed by atoms with E-state index in [1.54, 1.807) is 23.7 Å². The molecule has 1 fully saturated rings. The van der Waals surface area contributed by atoms with Crippen LogP contribution in [0.25, 0.3) is 5.65 Å². The Labute approximate surface area is 172 Å². The summed E-state index contributed by atoms with van der Waals surface area (Å²) in [4.78, 5) is 34.3. The molecular formula is C20H24FN7O2. The van der Waals surface area contributed by atoms with Crippen molar-refractivity contribution in [2.45, 2.75) is 26.4 Å². The summed E-state index contributed by atoms with van der Waals surface area (Å²) in [5.74, 6) is -1.06. The molecule has 1 unspecified atom stereocenters. The minimum Gasteiger partial charge on any atom is -0.365 e. The smallest absolute Gasteiger partial charge is 0.269 e. The molecule has 4 heterocycles. The first kappa shape index (κ1) is 20.0. The van der Waals surface area contributed by atoms with Gasteiger partial charge in [0.2, 0.25) is 5.95 Å². The van der Waals surface area contributed by atoms with Gasteiger partial charge in [-0.15, -0.1) is 0 Å². The molecule has 0 bridgehead atoms. The summed E-state index contributed by atoms with van der Waals surface area (Å²) >= 11 is 0. The number of carbonyl (C=O) groups is 1. The number of aromatic amines is 1. The van der Waals surface area contributed by atoms with Crippen LogP contribution in [-0.4, -0.2) is 63.1 Å². The molecule has 1 atom stereocenters. The Bertz CT molecular complexity index is 1160. The van der Waals surface area contributed by atoms with Gasteiger partial charge in [0.25, 0.3) is 11.5 Å². The molecule has 1 aliphatic heterocycles. The van der Waals surface area contributed by atoms with Crippen molar-refractivity contribution in [3.05, 3.63) is 57.6 Å². The number of nitrogens with zero attached hydrogens (tertiary/aromatic N) is 5. The Kier molecular flexibility index (Phi) is 5.25. The third kappa shape index (κ3) is 3.78. The number of hydrogen-bond donors (Lipinski definition) is 2. The summed E-state index contributed by atoms with van der Waals surface area (Å²) in [7, 11) is 1.48. The molecule has 0 aliphatic carbocycles. The second-order valence-corrected chi connectivity index (χ2v) is 7.58. The number of carbonyl (C=O) groups excluding carboxylic acids is 1. The lowest BCUT2D eigenvalue weighted by atomic mass is 10.1. The van der Waals surface area contributed by atoms with Crippen LogP contribution in [0.5, 0.6) is 0 Å². The number of aryl methyl sites for hydroxylation is 1. The number of nitrogens with one attached hydrogen (secondary N) is 2. The van der Waals surface area contributed by atoms with Crippen molar-refractivity contribution in [1.29, 1.82) is 0 Å².